The number of fused-ring (bicyclic) bond motifs is 2. The number of benzene rings is 1. The Labute approximate surface area is 153 Å². The fraction of sp³-hybridized carbons (Fsp3) is 0.429. The van der Waals surface area contributed by atoms with Gasteiger partial charge in [0.05, 0.1) is 6.26 Å². The van der Waals surface area contributed by atoms with Gasteiger partial charge >= 0.3 is 0 Å². The van der Waals surface area contributed by atoms with Crippen LogP contribution in [0.3, 0.4) is 0 Å². The van der Waals surface area contributed by atoms with E-state index in [1.165, 1.54) is 31.9 Å². The number of anilines is 1. The second-order valence-electron chi connectivity index (χ2n) is 7.61. The number of carbonyl (C=O) groups is 2. The number of amides is 2. The Morgan fingerprint density at radius 1 is 1.08 bits per heavy atom. The minimum Gasteiger partial charge on any atom is -0.459 e. The van der Waals surface area contributed by atoms with E-state index in [2.05, 4.69) is 17.6 Å². The highest BCUT2D eigenvalue weighted by molar-refractivity contribution is 6.02. The van der Waals surface area contributed by atoms with E-state index >= 15 is 0 Å². The molecule has 4 atom stereocenters. The summed E-state index contributed by atoms with van der Waals surface area (Å²) >= 11 is 0. The molecule has 2 aliphatic carbocycles. The van der Waals surface area contributed by atoms with E-state index in [4.69, 9.17) is 4.42 Å². The van der Waals surface area contributed by atoms with E-state index < -0.39 is 0 Å². The molecular weight excluding hydrogens is 328 g/mol. The molecule has 2 aromatic rings. The first-order valence-electron chi connectivity index (χ1n) is 9.36. The minimum atomic E-state index is -0.308. The highest BCUT2D eigenvalue weighted by atomic mass is 16.3. The molecule has 2 N–H and O–H groups in total. The van der Waals surface area contributed by atoms with E-state index in [1.54, 1.807) is 36.4 Å². The summed E-state index contributed by atoms with van der Waals surface area (Å²) in [7, 11) is 0. The first kappa shape index (κ1) is 16.9. The second-order valence-corrected chi connectivity index (χ2v) is 7.61. The summed E-state index contributed by atoms with van der Waals surface area (Å²) in [6.07, 6.45) is 6.74. The van der Waals surface area contributed by atoms with Crippen LogP contribution in [0.2, 0.25) is 0 Å². The Hall–Kier alpha value is -2.56. The number of hydrogen-bond donors (Lipinski definition) is 2. The van der Waals surface area contributed by atoms with E-state index in [-0.39, 0.29) is 23.6 Å². The van der Waals surface area contributed by atoms with Crippen LogP contribution in [-0.4, -0.2) is 17.9 Å². The third kappa shape index (κ3) is 3.39. The second kappa shape index (κ2) is 6.98. The van der Waals surface area contributed by atoms with E-state index in [0.717, 1.165) is 11.8 Å². The van der Waals surface area contributed by atoms with Crippen molar-refractivity contribution in [1.29, 1.82) is 0 Å². The number of rotatable bonds is 5. The molecule has 0 unspecified atom stereocenters. The third-order valence-electron chi connectivity index (χ3n) is 5.94. The van der Waals surface area contributed by atoms with Crippen molar-refractivity contribution in [2.45, 2.75) is 38.6 Å². The van der Waals surface area contributed by atoms with Gasteiger partial charge in [-0.3, -0.25) is 9.59 Å². The van der Waals surface area contributed by atoms with Crippen molar-refractivity contribution in [3.05, 3.63) is 54.0 Å². The first-order chi connectivity index (χ1) is 12.6. The molecule has 1 aromatic carbocycles. The zero-order chi connectivity index (χ0) is 18.1. The normalized spacial score (nSPS) is 25.0. The van der Waals surface area contributed by atoms with Crippen molar-refractivity contribution in [1.82, 2.24) is 5.32 Å². The summed E-state index contributed by atoms with van der Waals surface area (Å²) in [6.45, 7) is 2.13. The molecule has 1 aromatic heterocycles. The molecular formula is C21H24N2O3. The highest BCUT2D eigenvalue weighted by Gasteiger charge is 2.42. The van der Waals surface area contributed by atoms with Crippen molar-refractivity contribution in [2.24, 2.45) is 17.8 Å². The van der Waals surface area contributed by atoms with E-state index in [0.29, 0.717) is 17.2 Å². The maximum absolute atomic E-state index is 12.5. The molecule has 0 radical (unpaired) electrons. The summed E-state index contributed by atoms with van der Waals surface area (Å²) in [5, 5.41) is 5.91. The van der Waals surface area contributed by atoms with Gasteiger partial charge in [-0.15, -0.1) is 0 Å². The lowest BCUT2D eigenvalue weighted by Gasteiger charge is -2.28. The van der Waals surface area contributed by atoms with E-state index in [1.807, 2.05) is 0 Å². The molecule has 5 heteroatoms. The van der Waals surface area contributed by atoms with Crippen molar-refractivity contribution in [2.75, 3.05) is 5.32 Å². The van der Waals surface area contributed by atoms with Crippen LogP contribution in [-0.2, 0) is 0 Å². The van der Waals surface area contributed by atoms with Crippen molar-refractivity contribution < 1.29 is 14.0 Å². The summed E-state index contributed by atoms with van der Waals surface area (Å²) in [5.74, 6) is 2.17. The Morgan fingerprint density at radius 3 is 2.50 bits per heavy atom. The molecule has 2 saturated carbocycles. The Balaban J connectivity index is 1.34. The Bertz CT molecular complexity index is 782. The molecule has 0 spiro atoms. The maximum atomic E-state index is 12.5. The van der Waals surface area contributed by atoms with Crippen LogP contribution in [0.25, 0.3) is 0 Å². The first-order valence-corrected chi connectivity index (χ1v) is 9.36. The van der Waals surface area contributed by atoms with Crippen LogP contribution < -0.4 is 10.6 Å². The van der Waals surface area contributed by atoms with Gasteiger partial charge in [-0.1, -0.05) is 6.42 Å². The van der Waals surface area contributed by atoms with Gasteiger partial charge in [0.25, 0.3) is 11.8 Å². The number of hydrogen-bond acceptors (Lipinski definition) is 3. The minimum absolute atomic E-state index is 0.0517. The van der Waals surface area contributed by atoms with Gasteiger partial charge in [0, 0.05) is 17.3 Å². The van der Waals surface area contributed by atoms with Crippen LogP contribution in [0.15, 0.2) is 47.1 Å². The monoisotopic (exact) mass is 352 g/mol. The topological polar surface area (TPSA) is 71.3 Å². The van der Waals surface area contributed by atoms with Gasteiger partial charge in [-0.05, 0) is 80.3 Å². The quantitative estimate of drug-likeness (QED) is 0.851. The molecule has 2 bridgehead atoms. The third-order valence-corrected chi connectivity index (χ3v) is 5.94. The summed E-state index contributed by atoms with van der Waals surface area (Å²) in [5.41, 5.74) is 1.24. The van der Waals surface area contributed by atoms with Crippen molar-refractivity contribution in [3.63, 3.8) is 0 Å². The van der Waals surface area contributed by atoms with Crippen LogP contribution in [0.5, 0.6) is 0 Å². The highest BCUT2D eigenvalue weighted by Crippen LogP contribution is 2.49. The number of nitrogens with one attached hydrogen (secondary N) is 2. The fourth-order valence-corrected chi connectivity index (χ4v) is 4.61. The predicted octanol–water partition coefficient (Wildman–Crippen LogP) is 4.09. The molecule has 0 saturated heterocycles. The van der Waals surface area contributed by atoms with Gasteiger partial charge in [0.15, 0.2) is 5.76 Å². The standard InChI is InChI=1S/C21H24N2O3/c1-13(18-12-14-4-5-16(18)11-14)22-20(24)15-6-8-17(9-7-15)23-21(25)19-3-2-10-26-19/h2-3,6-10,13-14,16,18H,4-5,11-12H2,1H3,(H,22,24)(H,23,25)/t13-,14+,16+,18+/m1/s1. The van der Waals surface area contributed by atoms with E-state index in [9.17, 15) is 9.59 Å². The molecule has 5 nitrogen and oxygen atoms in total. The van der Waals surface area contributed by atoms with Crippen molar-refractivity contribution >= 4 is 17.5 Å². The van der Waals surface area contributed by atoms with Crippen LogP contribution >= 0.6 is 0 Å². The Kier molecular flexibility index (Phi) is 4.53. The zero-order valence-electron chi connectivity index (χ0n) is 14.9. The largest absolute Gasteiger partial charge is 0.459 e. The lowest BCUT2D eigenvalue weighted by Crippen LogP contribution is -2.40. The van der Waals surface area contributed by atoms with Crippen LogP contribution in [0, 0.1) is 17.8 Å². The predicted molar refractivity (Wildman–Crippen MR) is 99.0 cm³/mol. The average molecular weight is 352 g/mol. The summed E-state index contributed by atoms with van der Waals surface area (Å²) in [4.78, 5) is 24.5. The SMILES string of the molecule is C[C@@H](NC(=O)c1ccc(NC(=O)c2ccco2)cc1)[C@@H]1C[C@H]2CC[C@H]1C2. The maximum Gasteiger partial charge on any atom is 0.291 e. The molecule has 2 fully saturated rings. The lowest BCUT2D eigenvalue weighted by molar-refractivity contribution is 0.0915. The zero-order valence-corrected chi connectivity index (χ0v) is 14.9. The summed E-state index contributed by atoms with van der Waals surface area (Å²) < 4.78 is 5.07. The molecule has 1 heterocycles. The molecule has 2 amide bonds. The molecule has 2 aliphatic rings. The molecule has 4 rings (SSSR count). The smallest absolute Gasteiger partial charge is 0.291 e. The van der Waals surface area contributed by atoms with Crippen LogP contribution in [0.4, 0.5) is 5.69 Å². The number of furan rings is 1. The molecule has 26 heavy (non-hydrogen) atoms. The van der Waals surface area contributed by atoms with Gasteiger partial charge in [-0.2, -0.15) is 0 Å². The van der Waals surface area contributed by atoms with Gasteiger partial charge in [0.1, 0.15) is 0 Å². The van der Waals surface area contributed by atoms with Gasteiger partial charge in [0.2, 0.25) is 0 Å². The molecule has 0 aliphatic heterocycles. The van der Waals surface area contributed by atoms with Gasteiger partial charge in [-0.25, -0.2) is 0 Å². The fourth-order valence-electron chi connectivity index (χ4n) is 4.61. The number of carbonyl (C=O) groups excluding carboxylic acids is 2. The summed E-state index contributed by atoms with van der Waals surface area (Å²) in [6, 6.07) is 10.4. The average Bonchev–Trinajstić information content (AvgIpc) is 3.39. The lowest BCUT2D eigenvalue weighted by atomic mass is 9.84. The van der Waals surface area contributed by atoms with Gasteiger partial charge < -0.3 is 15.1 Å². The Morgan fingerprint density at radius 2 is 1.88 bits per heavy atom. The van der Waals surface area contributed by atoms with Crippen LogP contribution in [0.1, 0.15) is 53.5 Å². The van der Waals surface area contributed by atoms with Crippen molar-refractivity contribution in [3.8, 4) is 0 Å². The molecule has 136 valence electrons.